The number of carboxylic acid groups (broad SMARTS) is 1. The van der Waals surface area contributed by atoms with E-state index in [4.69, 9.17) is 4.74 Å². The Hall–Kier alpha value is -4.06. The molecule has 4 atom stereocenters. The minimum absolute atomic E-state index is 0.000114. The number of ether oxygens (including phenoxy) is 1. The predicted molar refractivity (Wildman–Crippen MR) is 186 cm³/mol. The number of likely N-dealkylation sites (tertiary alicyclic amines) is 2. The molecule has 7 aliphatic rings. The van der Waals surface area contributed by atoms with Gasteiger partial charge in [0.15, 0.2) is 0 Å². The van der Waals surface area contributed by atoms with Gasteiger partial charge in [0.1, 0.15) is 5.75 Å². The van der Waals surface area contributed by atoms with Crippen molar-refractivity contribution >= 4 is 38.8 Å². The molecule has 2 N–H and O–H groups in total. The van der Waals surface area contributed by atoms with Crippen LogP contribution in [0.4, 0.5) is 4.79 Å². The third-order valence-electron chi connectivity index (χ3n) is 12.6. The first-order valence-corrected chi connectivity index (χ1v) is 19.9. The van der Waals surface area contributed by atoms with Gasteiger partial charge in [-0.05, 0) is 91.2 Å². The van der Waals surface area contributed by atoms with Gasteiger partial charge in [-0.1, -0.05) is 37.5 Å². The molecule has 264 valence electrons. The molecule has 2 saturated carbocycles. The van der Waals surface area contributed by atoms with E-state index in [0.717, 1.165) is 64.7 Å². The summed E-state index contributed by atoms with van der Waals surface area (Å²) in [5.74, 6) is -0.163. The minimum Gasteiger partial charge on any atom is -0.496 e. The largest absolute Gasteiger partial charge is 0.496 e. The lowest BCUT2D eigenvalue weighted by molar-refractivity contribution is -0.135. The lowest BCUT2D eigenvalue weighted by atomic mass is 9.76. The zero-order chi connectivity index (χ0) is 34.5. The SMILES string of the molecule is COc1ccc(C2CCCCC2)c2c1cc1n2CC2=C(C(=O)NS(=O)(=O)C3CC3)C2=C2C=CC[C@@H](C(=O)N3CC4CCCN(C(=O)O)C4C3)C21. The topological polar surface area (TPSA) is 138 Å². The number of aromatic nitrogens is 1. The summed E-state index contributed by atoms with van der Waals surface area (Å²) in [5, 5.41) is 10.4. The molecule has 0 spiro atoms. The van der Waals surface area contributed by atoms with E-state index in [-0.39, 0.29) is 23.8 Å². The van der Waals surface area contributed by atoms with Crippen LogP contribution in [0.5, 0.6) is 5.75 Å². The van der Waals surface area contributed by atoms with Crippen LogP contribution in [0.15, 0.2) is 52.6 Å². The van der Waals surface area contributed by atoms with E-state index in [1.807, 2.05) is 17.1 Å². The number of hydrogen-bond acceptors (Lipinski definition) is 6. The number of benzene rings is 1. The van der Waals surface area contributed by atoms with Crippen molar-refractivity contribution in [3.05, 3.63) is 63.9 Å². The maximum atomic E-state index is 14.8. The molecule has 12 heteroatoms. The summed E-state index contributed by atoms with van der Waals surface area (Å²) < 4.78 is 36.3. The second-order valence-corrected chi connectivity index (χ2v) is 17.3. The van der Waals surface area contributed by atoms with Crippen molar-refractivity contribution in [1.29, 1.82) is 0 Å². The Morgan fingerprint density at radius 3 is 2.54 bits per heavy atom. The van der Waals surface area contributed by atoms with Crippen LogP contribution in [-0.4, -0.2) is 83.8 Å². The molecule has 3 unspecified atom stereocenters. The summed E-state index contributed by atoms with van der Waals surface area (Å²) in [6, 6.07) is 6.22. The molecule has 0 radical (unpaired) electrons. The van der Waals surface area contributed by atoms with E-state index < -0.39 is 33.2 Å². The second kappa shape index (κ2) is 11.7. The van der Waals surface area contributed by atoms with Crippen molar-refractivity contribution in [2.75, 3.05) is 26.7 Å². The zero-order valence-corrected chi connectivity index (χ0v) is 29.2. The van der Waals surface area contributed by atoms with Crippen LogP contribution >= 0.6 is 0 Å². The van der Waals surface area contributed by atoms with Crippen molar-refractivity contribution < 1.29 is 32.6 Å². The monoisotopic (exact) mass is 700 g/mol. The van der Waals surface area contributed by atoms with Crippen LogP contribution in [0.2, 0.25) is 0 Å². The van der Waals surface area contributed by atoms with Gasteiger partial charge in [0.05, 0.1) is 35.4 Å². The van der Waals surface area contributed by atoms with Gasteiger partial charge in [0.2, 0.25) is 15.9 Å². The van der Waals surface area contributed by atoms with Crippen molar-refractivity contribution in [1.82, 2.24) is 19.1 Å². The third-order valence-corrected chi connectivity index (χ3v) is 14.4. The van der Waals surface area contributed by atoms with Crippen LogP contribution in [0.25, 0.3) is 10.9 Å². The zero-order valence-electron chi connectivity index (χ0n) is 28.4. The number of allylic oxidation sites excluding steroid dienone is 4. The smallest absolute Gasteiger partial charge is 0.407 e. The van der Waals surface area contributed by atoms with E-state index in [1.54, 1.807) is 7.11 Å². The molecule has 0 bridgehead atoms. The number of amides is 3. The highest BCUT2D eigenvalue weighted by Crippen LogP contribution is 2.55. The van der Waals surface area contributed by atoms with Gasteiger partial charge in [-0.2, -0.15) is 0 Å². The number of nitrogens with zero attached hydrogens (tertiary/aromatic N) is 3. The highest BCUT2D eigenvalue weighted by Gasteiger charge is 2.50. The molecular weight excluding hydrogens is 657 g/mol. The highest BCUT2D eigenvalue weighted by atomic mass is 32.2. The average molecular weight is 701 g/mol. The summed E-state index contributed by atoms with van der Waals surface area (Å²) in [6.07, 6.45) is 12.2. The van der Waals surface area contributed by atoms with E-state index >= 15 is 0 Å². The van der Waals surface area contributed by atoms with Crippen molar-refractivity contribution in [2.45, 2.75) is 93.9 Å². The van der Waals surface area contributed by atoms with Crippen LogP contribution in [0.3, 0.4) is 0 Å². The maximum absolute atomic E-state index is 14.8. The second-order valence-electron chi connectivity index (χ2n) is 15.4. The molecule has 9 rings (SSSR count). The number of methoxy groups -OCH3 is 1. The molecule has 3 aliphatic heterocycles. The van der Waals surface area contributed by atoms with Gasteiger partial charge in [0.25, 0.3) is 5.91 Å². The van der Waals surface area contributed by atoms with Crippen molar-refractivity contribution in [3.63, 3.8) is 0 Å². The lowest BCUT2D eigenvalue weighted by Crippen LogP contribution is -2.48. The van der Waals surface area contributed by atoms with Crippen LogP contribution in [0.1, 0.15) is 87.3 Å². The van der Waals surface area contributed by atoms with Gasteiger partial charge < -0.3 is 24.2 Å². The average Bonchev–Trinajstić information content (AvgIpc) is 4.02. The fourth-order valence-electron chi connectivity index (χ4n) is 9.98. The van der Waals surface area contributed by atoms with Gasteiger partial charge in [-0.3, -0.25) is 9.59 Å². The molecule has 11 nitrogen and oxygen atoms in total. The van der Waals surface area contributed by atoms with Gasteiger partial charge in [0, 0.05) is 43.2 Å². The summed E-state index contributed by atoms with van der Waals surface area (Å²) in [5.41, 5.74) is 6.23. The van der Waals surface area contributed by atoms with Crippen LogP contribution in [0, 0.1) is 11.8 Å². The Bertz CT molecular complexity index is 2030. The lowest BCUT2D eigenvalue weighted by Gasteiger charge is -2.34. The Balaban J connectivity index is 1.17. The molecular formula is C38H44N4O7S. The Labute approximate surface area is 292 Å². The first-order chi connectivity index (χ1) is 24.2. The molecule has 1 aromatic heterocycles. The summed E-state index contributed by atoms with van der Waals surface area (Å²) in [6.45, 7) is 1.81. The molecule has 4 fully saturated rings. The number of hydrogen-bond donors (Lipinski definition) is 2. The number of piperidine rings is 1. The number of fused-ring (bicyclic) bond motifs is 7. The Morgan fingerprint density at radius 1 is 1.00 bits per heavy atom. The first kappa shape index (κ1) is 31.9. The highest BCUT2D eigenvalue weighted by molar-refractivity contribution is 7.91. The van der Waals surface area contributed by atoms with E-state index in [0.29, 0.717) is 56.9 Å². The summed E-state index contributed by atoms with van der Waals surface area (Å²) >= 11 is 0. The summed E-state index contributed by atoms with van der Waals surface area (Å²) in [4.78, 5) is 44.0. The molecule has 1 aromatic carbocycles. The van der Waals surface area contributed by atoms with Gasteiger partial charge >= 0.3 is 6.09 Å². The van der Waals surface area contributed by atoms with Gasteiger partial charge in [-0.25, -0.2) is 17.9 Å². The fraction of sp³-hybridized carbons (Fsp3) is 0.553. The van der Waals surface area contributed by atoms with E-state index in [1.165, 1.54) is 29.7 Å². The van der Waals surface area contributed by atoms with Crippen LogP contribution in [-0.2, 0) is 26.2 Å². The molecule has 2 aromatic rings. The number of carbonyl (C=O) groups is 3. The first-order valence-electron chi connectivity index (χ1n) is 18.3. The molecule has 50 heavy (non-hydrogen) atoms. The number of rotatable bonds is 6. The molecule has 3 amide bonds. The molecule has 4 aliphatic carbocycles. The molecule has 2 saturated heterocycles. The van der Waals surface area contributed by atoms with Crippen molar-refractivity contribution in [3.8, 4) is 5.75 Å². The van der Waals surface area contributed by atoms with Gasteiger partial charge in [-0.15, -0.1) is 0 Å². The number of sulfonamides is 1. The van der Waals surface area contributed by atoms with Crippen molar-refractivity contribution in [2.24, 2.45) is 11.8 Å². The molecule has 4 heterocycles. The minimum atomic E-state index is -3.75. The fourth-order valence-corrected chi connectivity index (χ4v) is 11.3. The summed E-state index contributed by atoms with van der Waals surface area (Å²) in [7, 11) is -2.07. The van der Waals surface area contributed by atoms with E-state index in [9.17, 15) is 27.9 Å². The predicted octanol–water partition coefficient (Wildman–Crippen LogP) is 5.19. The third kappa shape index (κ3) is 5.03. The Kier molecular flexibility index (Phi) is 7.49. The van der Waals surface area contributed by atoms with Crippen LogP contribution < -0.4 is 9.46 Å². The standard InChI is InChI=1S/C38H44N4O7S/c1-49-31-15-14-24(21-7-3-2-4-8-21)35-27(31)17-29-32-25(33-28(19-42(29)35)34(33)36(43)39-50(47,48)23-12-13-23)10-5-11-26(32)37(44)40-18-22-9-6-16-41(38(45)46)30(22)20-40/h5,10,14-15,17,21-23,26,30,32H,2-4,6-9,11-13,16,18-20H2,1H3,(H,39,43)(H,45,46)/t22?,26-,30?,32?/m1/s1. The Morgan fingerprint density at radius 2 is 1.80 bits per heavy atom. The number of nitrogens with one attached hydrogen (secondary N) is 1. The maximum Gasteiger partial charge on any atom is 0.407 e. The normalized spacial score (nSPS) is 27.8. The van der Waals surface area contributed by atoms with E-state index in [2.05, 4.69) is 27.5 Å². The number of carbonyl (C=O) groups excluding carboxylic acids is 2. The quantitative estimate of drug-likeness (QED) is 0.423.